The van der Waals surface area contributed by atoms with E-state index < -0.39 is 0 Å². The van der Waals surface area contributed by atoms with Gasteiger partial charge in [0.05, 0.1) is 13.2 Å². The van der Waals surface area contributed by atoms with Gasteiger partial charge in [-0.2, -0.15) is 0 Å². The highest BCUT2D eigenvalue weighted by molar-refractivity contribution is 5.85. The number of piperidine rings is 1. The molecule has 2 saturated heterocycles. The summed E-state index contributed by atoms with van der Waals surface area (Å²) in [6.45, 7) is 5.12. The molecule has 2 heterocycles. The molecular formula is C11H22Cl2N2O2. The molecule has 0 aromatic carbocycles. The van der Waals surface area contributed by atoms with Crippen molar-refractivity contribution in [2.24, 2.45) is 5.92 Å². The Balaban J connectivity index is 0.00000128. The van der Waals surface area contributed by atoms with Crippen LogP contribution in [0.15, 0.2) is 0 Å². The molecule has 4 nitrogen and oxygen atoms in total. The maximum atomic E-state index is 11.9. The van der Waals surface area contributed by atoms with Crippen molar-refractivity contribution in [2.45, 2.75) is 19.3 Å². The lowest BCUT2D eigenvalue weighted by molar-refractivity contribution is -0.136. The minimum Gasteiger partial charge on any atom is -0.378 e. The van der Waals surface area contributed by atoms with Gasteiger partial charge in [-0.25, -0.2) is 0 Å². The molecule has 0 aromatic heterocycles. The fraction of sp³-hybridized carbons (Fsp3) is 0.909. The van der Waals surface area contributed by atoms with Crippen molar-refractivity contribution in [1.82, 2.24) is 10.2 Å². The number of halogens is 2. The largest absolute Gasteiger partial charge is 0.378 e. The smallest absolute Gasteiger partial charge is 0.223 e. The molecule has 0 bridgehead atoms. The number of ether oxygens (including phenoxy) is 1. The van der Waals surface area contributed by atoms with Gasteiger partial charge in [-0.15, -0.1) is 24.8 Å². The fourth-order valence-electron chi connectivity index (χ4n) is 2.27. The van der Waals surface area contributed by atoms with Crippen molar-refractivity contribution < 1.29 is 9.53 Å². The molecule has 17 heavy (non-hydrogen) atoms. The first-order valence-corrected chi connectivity index (χ1v) is 5.92. The molecule has 1 N–H and O–H groups in total. The number of nitrogens with zero attached hydrogens (tertiary/aromatic N) is 1. The van der Waals surface area contributed by atoms with E-state index in [4.69, 9.17) is 4.74 Å². The number of rotatable bonds is 2. The molecule has 0 saturated carbocycles. The van der Waals surface area contributed by atoms with Crippen LogP contribution in [0.4, 0.5) is 0 Å². The number of carbonyl (C=O) groups is 1. The number of morpholine rings is 1. The van der Waals surface area contributed by atoms with Crippen LogP contribution in [0, 0.1) is 5.92 Å². The topological polar surface area (TPSA) is 41.6 Å². The molecule has 0 aliphatic carbocycles. The number of nitrogens with one attached hydrogen (secondary N) is 1. The van der Waals surface area contributed by atoms with Gasteiger partial charge in [0, 0.05) is 19.5 Å². The van der Waals surface area contributed by atoms with Crippen LogP contribution in [0.1, 0.15) is 19.3 Å². The second-order valence-electron chi connectivity index (χ2n) is 4.39. The molecule has 6 heteroatoms. The summed E-state index contributed by atoms with van der Waals surface area (Å²) in [5.41, 5.74) is 0. The van der Waals surface area contributed by atoms with Gasteiger partial charge in [0.25, 0.3) is 0 Å². The van der Waals surface area contributed by atoms with Crippen LogP contribution in [-0.2, 0) is 9.53 Å². The maximum absolute atomic E-state index is 11.9. The summed E-state index contributed by atoms with van der Waals surface area (Å²) in [6, 6.07) is 0. The maximum Gasteiger partial charge on any atom is 0.223 e. The number of hydrogen-bond acceptors (Lipinski definition) is 3. The second-order valence-corrected chi connectivity index (χ2v) is 4.39. The Morgan fingerprint density at radius 2 is 1.76 bits per heavy atom. The van der Waals surface area contributed by atoms with Crippen LogP contribution in [0.2, 0.25) is 0 Å². The highest BCUT2D eigenvalue weighted by Gasteiger charge is 2.21. The van der Waals surface area contributed by atoms with Gasteiger partial charge in [-0.05, 0) is 31.8 Å². The van der Waals surface area contributed by atoms with Crippen LogP contribution in [0.5, 0.6) is 0 Å². The molecule has 0 aromatic rings. The van der Waals surface area contributed by atoms with Crippen LogP contribution in [0.25, 0.3) is 0 Å². The van der Waals surface area contributed by atoms with Crippen LogP contribution in [0.3, 0.4) is 0 Å². The van der Waals surface area contributed by atoms with Gasteiger partial charge in [-0.3, -0.25) is 4.79 Å². The van der Waals surface area contributed by atoms with E-state index in [0.717, 1.165) is 45.4 Å². The first kappa shape index (κ1) is 17.0. The van der Waals surface area contributed by atoms with Gasteiger partial charge in [0.1, 0.15) is 0 Å². The summed E-state index contributed by atoms with van der Waals surface area (Å²) in [5, 5.41) is 3.32. The van der Waals surface area contributed by atoms with Gasteiger partial charge >= 0.3 is 0 Å². The molecule has 2 aliphatic rings. The van der Waals surface area contributed by atoms with Crippen molar-refractivity contribution >= 4 is 30.7 Å². The first-order valence-electron chi connectivity index (χ1n) is 5.92. The predicted octanol–water partition coefficient (Wildman–Crippen LogP) is 1.08. The normalized spacial score (nSPS) is 21.3. The van der Waals surface area contributed by atoms with Crippen molar-refractivity contribution in [3.05, 3.63) is 0 Å². The van der Waals surface area contributed by atoms with Crippen molar-refractivity contribution in [3.8, 4) is 0 Å². The highest BCUT2D eigenvalue weighted by Crippen LogP contribution is 2.17. The molecule has 0 radical (unpaired) electrons. The van der Waals surface area contributed by atoms with E-state index in [9.17, 15) is 4.79 Å². The molecule has 1 amide bonds. The zero-order chi connectivity index (χ0) is 10.5. The van der Waals surface area contributed by atoms with E-state index in [1.807, 2.05) is 4.90 Å². The van der Waals surface area contributed by atoms with E-state index >= 15 is 0 Å². The Morgan fingerprint density at radius 1 is 1.18 bits per heavy atom. The molecule has 2 fully saturated rings. The SMILES string of the molecule is Cl.Cl.O=C(CC1CCNCC1)N1CCOCC1. The first-order chi connectivity index (χ1) is 7.36. The van der Waals surface area contributed by atoms with Gasteiger partial charge in [0.2, 0.25) is 5.91 Å². The average molecular weight is 285 g/mol. The molecule has 0 unspecified atom stereocenters. The van der Waals surface area contributed by atoms with E-state index in [1.165, 1.54) is 0 Å². The minimum atomic E-state index is 0. The van der Waals surface area contributed by atoms with Gasteiger partial charge < -0.3 is 15.0 Å². The molecule has 0 atom stereocenters. The summed E-state index contributed by atoms with van der Waals surface area (Å²) in [4.78, 5) is 13.9. The third-order valence-corrected chi connectivity index (χ3v) is 3.29. The fourth-order valence-corrected chi connectivity index (χ4v) is 2.27. The Kier molecular flexibility index (Phi) is 8.96. The van der Waals surface area contributed by atoms with E-state index in [0.29, 0.717) is 25.0 Å². The molecule has 0 spiro atoms. The van der Waals surface area contributed by atoms with Gasteiger partial charge in [0.15, 0.2) is 0 Å². The quantitative estimate of drug-likeness (QED) is 0.825. The summed E-state index contributed by atoms with van der Waals surface area (Å²) >= 11 is 0. The number of amides is 1. The Hall–Kier alpha value is -0.0300. The van der Waals surface area contributed by atoms with Crippen LogP contribution in [-0.4, -0.2) is 50.2 Å². The lowest BCUT2D eigenvalue weighted by atomic mass is 9.94. The molecule has 2 rings (SSSR count). The standard InChI is InChI=1S/C11H20N2O2.2ClH/c14-11(13-5-7-15-8-6-13)9-10-1-3-12-4-2-10;;/h10,12H,1-9H2;2*1H. The van der Waals surface area contributed by atoms with Gasteiger partial charge in [-0.1, -0.05) is 0 Å². The average Bonchev–Trinajstić information content (AvgIpc) is 2.31. The van der Waals surface area contributed by atoms with Crippen LogP contribution >= 0.6 is 24.8 Å². The third-order valence-electron chi connectivity index (χ3n) is 3.29. The van der Waals surface area contributed by atoms with E-state index in [1.54, 1.807) is 0 Å². The summed E-state index contributed by atoms with van der Waals surface area (Å²) in [6.07, 6.45) is 3.04. The Labute approximate surface area is 115 Å². The molecule has 102 valence electrons. The lowest BCUT2D eigenvalue weighted by Gasteiger charge is -2.29. The molecule has 2 aliphatic heterocycles. The molecular weight excluding hydrogens is 263 g/mol. The Bertz CT molecular complexity index is 218. The predicted molar refractivity (Wildman–Crippen MR) is 72.1 cm³/mol. The van der Waals surface area contributed by atoms with Crippen molar-refractivity contribution in [2.75, 3.05) is 39.4 Å². The van der Waals surface area contributed by atoms with Crippen LogP contribution < -0.4 is 5.32 Å². The summed E-state index contributed by atoms with van der Waals surface area (Å²) in [5.74, 6) is 0.923. The van der Waals surface area contributed by atoms with Crippen molar-refractivity contribution in [3.63, 3.8) is 0 Å². The van der Waals surface area contributed by atoms with Crippen molar-refractivity contribution in [1.29, 1.82) is 0 Å². The van der Waals surface area contributed by atoms with E-state index in [-0.39, 0.29) is 24.8 Å². The number of hydrogen-bond donors (Lipinski definition) is 1. The minimum absolute atomic E-state index is 0. The second kappa shape index (κ2) is 8.97. The highest BCUT2D eigenvalue weighted by atomic mass is 35.5. The zero-order valence-corrected chi connectivity index (χ0v) is 11.7. The summed E-state index contributed by atoms with van der Waals surface area (Å²) in [7, 11) is 0. The monoisotopic (exact) mass is 284 g/mol. The Morgan fingerprint density at radius 3 is 2.35 bits per heavy atom. The third kappa shape index (κ3) is 5.42. The number of carbonyl (C=O) groups excluding carboxylic acids is 1. The summed E-state index contributed by atoms with van der Waals surface area (Å²) < 4.78 is 5.24. The van der Waals surface area contributed by atoms with E-state index in [2.05, 4.69) is 5.32 Å². The lowest BCUT2D eigenvalue weighted by Crippen LogP contribution is -2.42. The zero-order valence-electron chi connectivity index (χ0n) is 10.0.